The maximum absolute atomic E-state index is 13.3. The van der Waals surface area contributed by atoms with Crippen molar-refractivity contribution in [3.8, 4) is 5.75 Å². The van der Waals surface area contributed by atoms with Crippen LogP contribution in [-0.2, 0) is 0 Å². The van der Waals surface area contributed by atoms with Gasteiger partial charge in [-0.1, -0.05) is 25.1 Å². The maximum atomic E-state index is 13.3. The largest absolute Gasteiger partial charge is 0.494 e. The number of ether oxygens (including phenoxy) is 1. The van der Waals surface area contributed by atoms with Gasteiger partial charge in [0.15, 0.2) is 0 Å². The Morgan fingerprint density at radius 2 is 1.81 bits per heavy atom. The summed E-state index contributed by atoms with van der Waals surface area (Å²) in [7, 11) is 0. The lowest BCUT2D eigenvalue weighted by Crippen LogP contribution is -2.22. The normalized spacial score (nSPS) is 12.2. The van der Waals surface area contributed by atoms with Gasteiger partial charge < -0.3 is 10.1 Å². The molecule has 0 spiro atoms. The van der Waals surface area contributed by atoms with Gasteiger partial charge in [-0.25, -0.2) is 4.39 Å². The molecule has 1 unspecified atom stereocenters. The zero-order chi connectivity index (χ0) is 15.2. The van der Waals surface area contributed by atoms with Crippen molar-refractivity contribution in [3.63, 3.8) is 0 Å². The molecule has 0 bridgehead atoms. The number of benzene rings is 2. The lowest BCUT2D eigenvalue weighted by Gasteiger charge is -2.21. The van der Waals surface area contributed by atoms with Crippen molar-refractivity contribution >= 4 is 0 Å². The third-order valence-corrected chi connectivity index (χ3v) is 3.48. The fourth-order valence-corrected chi connectivity index (χ4v) is 2.50. The lowest BCUT2D eigenvalue weighted by atomic mass is 9.95. The summed E-state index contributed by atoms with van der Waals surface area (Å²) in [4.78, 5) is 0. The van der Waals surface area contributed by atoms with E-state index in [9.17, 15) is 4.39 Å². The van der Waals surface area contributed by atoms with E-state index in [1.54, 1.807) is 6.07 Å². The van der Waals surface area contributed by atoms with Gasteiger partial charge in [0.05, 0.1) is 12.6 Å². The second-order valence-corrected chi connectivity index (χ2v) is 4.99. The van der Waals surface area contributed by atoms with Crippen LogP contribution in [0.15, 0.2) is 42.5 Å². The predicted octanol–water partition coefficient (Wildman–Crippen LogP) is 4.23. The number of rotatable bonds is 6. The smallest absolute Gasteiger partial charge is 0.123 e. The van der Waals surface area contributed by atoms with Gasteiger partial charge in [-0.2, -0.15) is 0 Å². The van der Waals surface area contributed by atoms with Crippen LogP contribution in [0.4, 0.5) is 4.39 Å². The molecule has 0 aromatic heterocycles. The fourth-order valence-electron chi connectivity index (χ4n) is 2.50. The molecule has 0 aliphatic carbocycles. The second kappa shape index (κ2) is 7.23. The van der Waals surface area contributed by atoms with Gasteiger partial charge in [0.2, 0.25) is 0 Å². The van der Waals surface area contributed by atoms with Crippen LogP contribution in [0, 0.1) is 12.7 Å². The quantitative estimate of drug-likeness (QED) is 0.858. The van der Waals surface area contributed by atoms with Gasteiger partial charge in [0, 0.05) is 0 Å². The van der Waals surface area contributed by atoms with E-state index in [2.05, 4.69) is 24.4 Å². The molecule has 0 saturated heterocycles. The maximum Gasteiger partial charge on any atom is 0.123 e. The topological polar surface area (TPSA) is 21.3 Å². The highest BCUT2D eigenvalue weighted by molar-refractivity contribution is 5.39. The Morgan fingerprint density at radius 3 is 2.38 bits per heavy atom. The molecule has 0 radical (unpaired) electrons. The van der Waals surface area contributed by atoms with Crippen LogP contribution in [0.5, 0.6) is 5.75 Å². The second-order valence-electron chi connectivity index (χ2n) is 4.99. The van der Waals surface area contributed by atoms with E-state index in [0.717, 1.165) is 29.0 Å². The highest BCUT2D eigenvalue weighted by atomic mass is 19.1. The molecule has 2 aromatic rings. The number of hydrogen-bond acceptors (Lipinski definition) is 2. The van der Waals surface area contributed by atoms with Crippen LogP contribution < -0.4 is 10.1 Å². The average Bonchev–Trinajstić information content (AvgIpc) is 2.47. The van der Waals surface area contributed by atoms with Crippen LogP contribution in [0.1, 0.15) is 36.6 Å². The molecule has 0 aliphatic rings. The minimum absolute atomic E-state index is 0.0614. The minimum Gasteiger partial charge on any atom is -0.494 e. The van der Waals surface area contributed by atoms with Crippen LogP contribution in [-0.4, -0.2) is 13.2 Å². The van der Waals surface area contributed by atoms with Crippen LogP contribution in [0.25, 0.3) is 0 Å². The zero-order valence-electron chi connectivity index (χ0n) is 12.8. The molecule has 112 valence electrons. The van der Waals surface area contributed by atoms with Gasteiger partial charge in [0.25, 0.3) is 0 Å². The third-order valence-electron chi connectivity index (χ3n) is 3.48. The molecule has 1 atom stereocenters. The molecule has 0 fully saturated rings. The summed E-state index contributed by atoms with van der Waals surface area (Å²) in [6.07, 6.45) is 0. The first-order chi connectivity index (χ1) is 10.2. The van der Waals surface area contributed by atoms with Gasteiger partial charge in [0.1, 0.15) is 11.6 Å². The number of aryl methyl sites for hydroxylation is 1. The molecule has 0 aliphatic heterocycles. The standard InChI is InChI=1S/C18H22FNO/c1-4-20-18(17-11-8-15(19)12-13(17)3)14-6-9-16(10-7-14)21-5-2/h6-12,18,20H,4-5H2,1-3H3. The Hall–Kier alpha value is -1.87. The number of nitrogens with one attached hydrogen (secondary N) is 1. The van der Waals surface area contributed by atoms with Crippen molar-refractivity contribution in [1.29, 1.82) is 0 Å². The Labute approximate surface area is 126 Å². The molecule has 21 heavy (non-hydrogen) atoms. The fraction of sp³-hybridized carbons (Fsp3) is 0.333. The first kappa shape index (κ1) is 15.5. The molecule has 3 heteroatoms. The van der Waals surface area contributed by atoms with Gasteiger partial charge >= 0.3 is 0 Å². The molecule has 2 nitrogen and oxygen atoms in total. The molecule has 1 N–H and O–H groups in total. The number of halogens is 1. The van der Waals surface area contributed by atoms with Crippen LogP contribution >= 0.6 is 0 Å². The molecule has 2 aromatic carbocycles. The summed E-state index contributed by atoms with van der Waals surface area (Å²) in [6.45, 7) is 7.48. The Bertz CT molecular complexity index is 580. The highest BCUT2D eigenvalue weighted by Gasteiger charge is 2.15. The first-order valence-electron chi connectivity index (χ1n) is 7.37. The van der Waals surface area contributed by atoms with E-state index in [0.29, 0.717) is 6.61 Å². The SMILES string of the molecule is CCNC(c1ccc(OCC)cc1)c1ccc(F)cc1C. The molecule has 2 rings (SSSR count). The Morgan fingerprint density at radius 1 is 1.10 bits per heavy atom. The average molecular weight is 287 g/mol. The van der Waals surface area contributed by atoms with Crippen LogP contribution in [0.3, 0.4) is 0 Å². The van der Waals surface area contributed by atoms with E-state index in [-0.39, 0.29) is 11.9 Å². The van der Waals surface area contributed by atoms with Crippen molar-refractivity contribution in [2.24, 2.45) is 0 Å². The van der Waals surface area contributed by atoms with Gasteiger partial charge in [-0.15, -0.1) is 0 Å². The summed E-state index contributed by atoms with van der Waals surface area (Å²) in [5, 5.41) is 3.46. The summed E-state index contributed by atoms with van der Waals surface area (Å²) < 4.78 is 18.8. The molecule has 0 saturated carbocycles. The van der Waals surface area contributed by atoms with E-state index in [1.165, 1.54) is 6.07 Å². The summed E-state index contributed by atoms with van der Waals surface area (Å²) in [6, 6.07) is 13.1. The predicted molar refractivity (Wildman–Crippen MR) is 84.3 cm³/mol. The van der Waals surface area contributed by atoms with Gasteiger partial charge in [-0.3, -0.25) is 0 Å². The van der Waals surface area contributed by atoms with Crippen molar-refractivity contribution in [2.45, 2.75) is 26.8 Å². The van der Waals surface area contributed by atoms with E-state index in [4.69, 9.17) is 4.74 Å². The molecular formula is C18H22FNO. The zero-order valence-corrected chi connectivity index (χ0v) is 12.8. The minimum atomic E-state index is -0.196. The summed E-state index contributed by atoms with van der Waals surface area (Å²) >= 11 is 0. The van der Waals surface area contributed by atoms with Crippen LogP contribution in [0.2, 0.25) is 0 Å². The van der Waals surface area contributed by atoms with Crippen molar-refractivity contribution in [3.05, 3.63) is 65.0 Å². The lowest BCUT2D eigenvalue weighted by molar-refractivity contribution is 0.340. The Balaban J connectivity index is 2.33. The summed E-state index contributed by atoms with van der Waals surface area (Å²) in [5.41, 5.74) is 3.20. The van der Waals surface area contributed by atoms with Crippen molar-refractivity contribution in [1.82, 2.24) is 5.32 Å². The monoisotopic (exact) mass is 287 g/mol. The molecular weight excluding hydrogens is 265 g/mol. The Kier molecular flexibility index (Phi) is 5.34. The van der Waals surface area contributed by atoms with Crippen molar-refractivity contribution in [2.75, 3.05) is 13.2 Å². The third kappa shape index (κ3) is 3.82. The van der Waals surface area contributed by atoms with E-state index < -0.39 is 0 Å². The first-order valence-corrected chi connectivity index (χ1v) is 7.37. The van der Waals surface area contributed by atoms with Crippen molar-refractivity contribution < 1.29 is 9.13 Å². The highest BCUT2D eigenvalue weighted by Crippen LogP contribution is 2.27. The van der Waals surface area contributed by atoms with E-state index in [1.807, 2.05) is 32.0 Å². The molecule has 0 heterocycles. The van der Waals surface area contributed by atoms with Gasteiger partial charge in [-0.05, 0) is 61.3 Å². The summed E-state index contributed by atoms with van der Waals surface area (Å²) in [5.74, 6) is 0.672. The number of hydrogen-bond donors (Lipinski definition) is 1. The van der Waals surface area contributed by atoms with E-state index >= 15 is 0 Å². The molecule has 0 amide bonds.